The number of amides is 1. The van der Waals surface area contributed by atoms with Crippen LogP contribution in [0.4, 0.5) is 5.13 Å². The molecule has 2 aromatic rings. The van der Waals surface area contributed by atoms with Gasteiger partial charge in [0, 0.05) is 42.7 Å². The van der Waals surface area contributed by atoms with E-state index in [0.717, 1.165) is 36.2 Å². The van der Waals surface area contributed by atoms with Crippen molar-refractivity contribution in [1.29, 1.82) is 0 Å². The fourth-order valence-corrected chi connectivity index (χ4v) is 3.89. The van der Waals surface area contributed by atoms with Gasteiger partial charge in [-0.25, -0.2) is 4.98 Å². The van der Waals surface area contributed by atoms with Crippen molar-refractivity contribution in [1.82, 2.24) is 9.88 Å². The van der Waals surface area contributed by atoms with Crippen LogP contribution in [0, 0.1) is 6.92 Å². The highest BCUT2D eigenvalue weighted by Crippen LogP contribution is 2.21. The van der Waals surface area contributed by atoms with E-state index >= 15 is 0 Å². The van der Waals surface area contributed by atoms with E-state index in [4.69, 9.17) is 0 Å². The van der Waals surface area contributed by atoms with E-state index in [2.05, 4.69) is 41.1 Å². The van der Waals surface area contributed by atoms with Crippen LogP contribution in [0.5, 0.6) is 0 Å². The zero-order chi connectivity index (χ0) is 15.4. The lowest BCUT2D eigenvalue weighted by Gasteiger charge is -2.34. The van der Waals surface area contributed by atoms with Crippen molar-refractivity contribution in [3.05, 3.63) is 41.4 Å². The third kappa shape index (κ3) is 3.81. The lowest BCUT2D eigenvalue weighted by atomic mass is 10.2. The van der Waals surface area contributed by atoms with Gasteiger partial charge >= 0.3 is 0 Å². The number of benzene rings is 1. The molecule has 1 fully saturated rings. The third-order valence-corrected chi connectivity index (χ3v) is 5.53. The predicted octanol–water partition coefficient (Wildman–Crippen LogP) is 2.89. The Bertz CT molecular complexity index is 605. The molecule has 0 bridgehead atoms. The van der Waals surface area contributed by atoms with Crippen LogP contribution >= 0.6 is 23.1 Å². The number of carbonyl (C=O) groups excluding carboxylic acids is 1. The molecule has 0 unspecified atom stereocenters. The molecule has 1 aliphatic heterocycles. The van der Waals surface area contributed by atoms with E-state index in [-0.39, 0.29) is 5.91 Å². The molecule has 0 N–H and O–H groups in total. The van der Waals surface area contributed by atoms with Gasteiger partial charge in [-0.05, 0) is 19.1 Å². The fraction of sp³-hybridized carbons (Fsp3) is 0.375. The highest BCUT2D eigenvalue weighted by atomic mass is 32.2. The summed E-state index contributed by atoms with van der Waals surface area (Å²) in [6.45, 7) is 5.38. The average molecular weight is 333 g/mol. The first kappa shape index (κ1) is 15.4. The van der Waals surface area contributed by atoms with Gasteiger partial charge < -0.3 is 9.80 Å². The number of thiazole rings is 1. The summed E-state index contributed by atoms with van der Waals surface area (Å²) >= 11 is 3.27. The molecule has 3 rings (SSSR count). The minimum atomic E-state index is 0.226. The molecule has 1 aromatic carbocycles. The highest BCUT2D eigenvalue weighted by Gasteiger charge is 2.22. The van der Waals surface area contributed by atoms with Gasteiger partial charge in [-0.3, -0.25) is 4.79 Å². The van der Waals surface area contributed by atoms with Gasteiger partial charge in [-0.15, -0.1) is 23.1 Å². The van der Waals surface area contributed by atoms with Crippen LogP contribution in [-0.4, -0.2) is 47.7 Å². The number of thioether (sulfide) groups is 1. The van der Waals surface area contributed by atoms with Gasteiger partial charge in [0.25, 0.3) is 0 Å². The fourth-order valence-electron chi connectivity index (χ4n) is 2.39. The summed E-state index contributed by atoms with van der Waals surface area (Å²) in [4.78, 5) is 22.0. The maximum Gasteiger partial charge on any atom is 0.233 e. The number of hydrogen-bond acceptors (Lipinski definition) is 5. The Balaban J connectivity index is 1.46. The number of aryl methyl sites for hydroxylation is 1. The molecule has 1 amide bonds. The maximum atomic E-state index is 12.3. The molecule has 116 valence electrons. The standard InChI is InChI=1S/C16H19N3OS2/c1-13-2-4-14(5-3-13)22-12-15(20)18-7-9-19(10-8-18)16-17-6-11-21-16/h2-6,11H,7-10,12H2,1H3. The Labute approximate surface area is 139 Å². The lowest BCUT2D eigenvalue weighted by Crippen LogP contribution is -2.49. The number of aromatic nitrogens is 1. The van der Waals surface area contributed by atoms with Crippen LogP contribution in [0.1, 0.15) is 5.56 Å². The van der Waals surface area contributed by atoms with E-state index in [1.165, 1.54) is 5.56 Å². The molecule has 22 heavy (non-hydrogen) atoms. The topological polar surface area (TPSA) is 36.4 Å². The predicted molar refractivity (Wildman–Crippen MR) is 92.8 cm³/mol. The number of nitrogens with zero attached hydrogens (tertiary/aromatic N) is 3. The monoisotopic (exact) mass is 333 g/mol. The summed E-state index contributed by atoms with van der Waals surface area (Å²) in [6, 6.07) is 8.32. The molecule has 0 aliphatic carbocycles. The summed E-state index contributed by atoms with van der Waals surface area (Å²) in [7, 11) is 0. The number of rotatable bonds is 4. The number of piperazine rings is 1. The summed E-state index contributed by atoms with van der Waals surface area (Å²) < 4.78 is 0. The molecule has 1 aliphatic rings. The van der Waals surface area contributed by atoms with Crippen molar-refractivity contribution in [2.75, 3.05) is 36.8 Å². The highest BCUT2D eigenvalue weighted by molar-refractivity contribution is 8.00. The van der Waals surface area contributed by atoms with Crippen LogP contribution in [0.2, 0.25) is 0 Å². The molecule has 0 saturated carbocycles. The van der Waals surface area contributed by atoms with Gasteiger partial charge in [-0.1, -0.05) is 17.7 Å². The van der Waals surface area contributed by atoms with Crippen molar-refractivity contribution in [2.24, 2.45) is 0 Å². The summed E-state index contributed by atoms with van der Waals surface area (Å²) in [5.41, 5.74) is 1.24. The zero-order valence-corrected chi connectivity index (χ0v) is 14.2. The lowest BCUT2D eigenvalue weighted by molar-refractivity contribution is -0.128. The SMILES string of the molecule is Cc1ccc(SCC(=O)N2CCN(c3nccs3)CC2)cc1. The molecular formula is C16H19N3OS2. The van der Waals surface area contributed by atoms with Gasteiger partial charge in [0.05, 0.1) is 5.75 Å². The molecule has 1 aromatic heterocycles. The van der Waals surface area contributed by atoms with Gasteiger partial charge in [0.2, 0.25) is 5.91 Å². The number of anilines is 1. The minimum absolute atomic E-state index is 0.226. The van der Waals surface area contributed by atoms with Crippen molar-refractivity contribution in [2.45, 2.75) is 11.8 Å². The summed E-state index contributed by atoms with van der Waals surface area (Å²) in [5, 5.41) is 3.05. The second-order valence-corrected chi connectivity index (χ2v) is 7.21. The van der Waals surface area contributed by atoms with Crippen LogP contribution in [-0.2, 0) is 4.79 Å². The average Bonchev–Trinajstić information content (AvgIpc) is 3.09. The Hall–Kier alpha value is -1.53. The largest absolute Gasteiger partial charge is 0.345 e. The van der Waals surface area contributed by atoms with E-state index in [0.29, 0.717) is 5.75 Å². The smallest absolute Gasteiger partial charge is 0.233 e. The van der Waals surface area contributed by atoms with Crippen LogP contribution < -0.4 is 4.90 Å². The summed E-state index contributed by atoms with van der Waals surface area (Å²) in [6.07, 6.45) is 1.83. The molecule has 2 heterocycles. The number of hydrogen-bond donors (Lipinski definition) is 0. The van der Waals surface area contributed by atoms with Crippen molar-refractivity contribution in [3.8, 4) is 0 Å². The number of carbonyl (C=O) groups is 1. The van der Waals surface area contributed by atoms with E-state index < -0.39 is 0 Å². The first-order valence-corrected chi connectivity index (χ1v) is 9.20. The van der Waals surface area contributed by atoms with Crippen LogP contribution in [0.25, 0.3) is 0 Å². The van der Waals surface area contributed by atoms with Crippen molar-refractivity contribution in [3.63, 3.8) is 0 Å². The normalized spacial score (nSPS) is 15.1. The van der Waals surface area contributed by atoms with E-state index in [1.807, 2.05) is 16.5 Å². The third-order valence-electron chi connectivity index (χ3n) is 3.71. The Morgan fingerprint density at radius 3 is 2.59 bits per heavy atom. The Kier molecular flexibility index (Phi) is 5.00. The molecule has 0 atom stereocenters. The van der Waals surface area contributed by atoms with Crippen molar-refractivity contribution >= 4 is 34.1 Å². The quantitative estimate of drug-likeness (QED) is 0.806. The molecule has 6 heteroatoms. The molecule has 0 radical (unpaired) electrons. The second kappa shape index (κ2) is 7.15. The Morgan fingerprint density at radius 2 is 1.95 bits per heavy atom. The van der Waals surface area contributed by atoms with Crippen LogP contribution in [0.3, 0.4) is 0 Å². The van der Waals surface area contributed by atoms with Crippen molar-refractivity contribution < 1.29 is 4.79 Å². The maximum absolute atomic E-state index is 12.3. The van der Waals surface area contributed by atoms with Gasteiger partial charge in [0.1, 0.15) is 0 Å². The molecule has 1 saturated heterocycles. The van der Waals surface area contributed by atoms with Crippen LogP contribution in [0.15, 0.2) is 40.7 Å². The second-order valence-electron chi connectivity index (χ2n) is 5.28. The Morgan fingerprint density at radius 1 is 1.23 bits per heavy atom. The van der Waals surface area contributed by atoms with E-state index in [1.54, 1.807) is 23.1 Å². The molecule has 4 nitrogen and oxygen atoms in total. The van der Waals surface area contributed by atoms with Gasteiger partial charge in [-0.2, -0.15) is 0 Å². The first-order valence-electron chi connectivity index (χ1n) is 7.34. The van der Waals surface area contributed by atoms with Gasteiger partial charge in [0.15, 0.2) is 5.13 Å². The zero-order valence-electron chi connectivity index (χ0n) is 12.6. The molecule has 0 spiro atoms. The summed E-state index contributed by atoms with van der Waals surface area (Å²) in [5.74, 6) is 0.740. The molecular weight excluding hydrogens is 314 g/mol. The minimum Gasteiger partial charge on any atom is -0.345 e. The van der Waals surface area contributed by atoms with E-state index in [9.17, 15) is 4.79 Å². The first-order chi connectivity index (χ1) is 10.7.